The van der Waals surface area contributed by atoms with E-state index in [0.717, 1.165) is 32.7 Å². The van der Waals surface area contributed by atoms with Crippen molar-refractivity contribution < 1.29 is 4.74 Å². The maximum atomic E-state index is 4.98. The number of ether oxygens (including phenoxy) is 1. The molecule has 10 heavy (non-hydrogen) atoms. The lowest BCUT2D eigenvalue weighted by atomic mass is 10.2. The highest BCUT2D eigenvalue weighted by molar-refractivity contribution is 4.74. The lowest BCUT2D eigenvalue weighted by Crippen LogP contribution is -2.48. The molecule has 3 nitrogen and oxygen atoms in total. The van der Waals surface area contributed by atoms with Crippen molar-refractivity contribution in [1.82, 2.24) is 10.6 Å². The molecule has 0 aliphatic carbocycles. The molecule has 1 rings (SSSR count). The predicted octanol–water partition coefficient (Wildman–Crippen LogP) is -0.416. The van der Waals surface area contributed by atoms with E-state index >= 15 is 0 Å². The number of hydrogen-bond donors (Lipinski definition) is 2. The summed E-state index contributed by atoms with van der Waals surface area (Å²) in [7, 11) is 1.75. The molecule has 0 amide bonds. The van der Waals surface area contributed by atoms with Crippen LogP contribution in [0.5, 0.6) is 0 Å². The summed E-state index contributed by atoms with van der Waals surface area (Å²) in [6, 6.07) is 0.619. The summed E-state index contributed by atoms with van der Waals surface area (Å²) in [5.41, 5.74) is 0. The third-order valence-electron chi connectivity index (χ3n) is 1.80. The molecule has 0 bridgehead atoms. The average Bonchev–Trinajstić information content (AvgIpc) is 2.03. The zero-order chi connectivity index (χ0) is 7.23. The van der Waals surface area contributed by atoms with Crippen LogP contribution in [0.4, 0.5) is 0 Å². The molecule has 0 aromatic carbocycles. The standard InChI is InChI=1S/C7H16N2O/c1-10-5-2-7-6-8-3-4-9-7/h7-9H,2-6H2,1H3/t7-/m1/s1. The molecule has 1 aliphatic rings. The van der Waals surface area contributed by atoms with E-state index in [-0.39, 0.29) is 0 Å². The van der Waals surface area contributed by atoms with Gasteiger partial charge in [0.1, 0.15) is 0 Å². The quantitative estimate of drug-likeness (QED) is 0.564. The number of piperazine rings is 1. The summed E-state index contributed by atoms with van der Waals surface area (Å²) in [4.78, 5) is 0. The molecule has 0 unspecified atom stereocenters. The molecule has 1 aliphatic heterocycles. The second-order valence-corrected chi connectivity index (χ2v) is 2.64. The first-order valence-corrected chi connectivity index (χ1v) is 3.86. The van der Waals surface area contributed by atoms with Crippen LogP contribution in [0.25, 0.3) is 0 Å². The van der Waals surface area contributed by atoms with Gasteiger partial charge in [0.25, 0.3) is 0 Å². The molecular formula is C7H16N2O. The van der Waals surface area contributed by atoms with E-state index in [1.165, 1.54) is 0 Å². The van der Waals surface area contributed by atoms with Gasteiger partial charge in [0.15, 0.2) is 0 Å². The Morgan fingerprint density at radius 1 is 1.50 bits per heavy atom. The maximum Gasteiger partial charge on any atom is 0.0477 e. The van der Waals surface area contributed by atoms with Gasteiger partial charge in [0, 0.05) is 39.4 Å². The topological polar surface area (TPSA) is 33.3 Å². The van der Waals surface area contributed by atoms with Gasteiger partial charge in [-0.05, 0) is 6.42 Å². The Bertz CT molecular complexity index is 81.7. The van der Waals surface area contributed by atoms with Crippen molar-refractivity contribution in [1.29, 1.82) is 0 Å². The highest BCUT2D eigenvalue weighted by Gasteiger charge is 2.10. The first-order valence-electron chi connectivity index (χ1n) is 3.86. The summed E-state index contributed by atoms with van der Waals surface area (Å²) < 4.78 is 4.98. The maximum absolute atomic E-state index is 4.98. The lowest BCUT2D eigenvalue weighted by molar-refractivity contribution is 0.179. The van der Waals surface area contributed by atoms with Crippen LogP contribution in [0.2, 0.25) is 0 Å². The molecule has 1 atom stereocenters. The zero-order valence-electron chi connectivity index (χ0n) is 6.52. The molecule has 1 saturated heterocycles. The largest absolute Gasteiger partial charge is 0.385 e. The lowest BCUT2D eigenvalue weighted by Gasteiger charge is -2.23. The Kier molecular flexibility index (Phi) is 3.72. The van der Waals surface area contributed by atoms with E-state index in [0.29, 0.717) is 6.04 Å². The Labute approximate surface area is 62.1 Å². The van der Waals surface area contributed by atoms with Crippen molar-refractivity contribution in [2.45, 2.75) is 12.5 Å². The normalized spacial score (nSPS) is 26.7. The third-order valence-corrected chi connectivity index (χ3v) is 1.80. The molecule has 0 saturated carbocycles. The Morgan fingerprint density at radius 3 is 3.00 bits per heavy atom. The van der Waals surface area contributed by atoms with Gasteiger partial charge in [-0.15, -0.1) is 0 Å². The first-order chi connectivity index (χ1) is 4.93. The molecule has 3 heteroatoms. The van der Waals surface area contributed by atoms with Gasteiger partial charge in [0.2, 0.25) is 0 Å². The second kappa shape index (κ2) is 4.66. The van der Waals surface area contributed by atoms with Crippen LogP contribution >= 0.6 is 0 Å². The third kappa shape index (κ3) is 2.64. The van der Waals surface area contributed by atoms with Crippen LogP contribution in [0, 0.1) is 0 Å². The fraction of sp³-hybridized carbons (Fsp3) is 1.00. The van der Waals surface area contributed by atoms with Crippen molar-refractivity contribution in [3.8, 4) is 0 Å². The molecule has 60 valence electrons. The van der Waals surface area contributed by atoms with Crippen molar-refractivity contribution in [3.63, 3.8) is 0 Å². The molecule has 0 spiro atoms. The minimum absolute atomic E-state index is 0.619. The van der Waals surface area contributed by atoms with Crippen LogP contribution in [0.15, 0.2) is 0 Å². The van der Waals surface area contributed by atoms with E-state index in [9.17, 15) is 0 Å². The van der Waals surface area contributed by atoms with Gasteiger partial charge in [-0.3, -0.25) is 0 Å². The molecule has 1 heterocycles. The molecular weight excluding hydrogens is 128 g/mol. The van der Waals surface area contributed by atoms with Gasteiger partial charge >= 0.3 is 0 Å². The number of methoxy groups -OCH3 is 1. The highest BCUT2D eigenvalue weighted by Crippen LogP contribution is 1.93. The molecule has 0 aromatic rings. The van der Waals surface area contributed by atoms with Gasteiger partial charge in [0.05, 0.1) is 0 Å². The smallest absolute Gasteiger partial charge is 0.0477 e. The van der Waals surface area contributed by atoms with Crippen molar-refractivity contribution >= 4 is 0 Å². The molecule has 0 aromatic heterocycles. The second-order valence-electron chi connectivity index (χ2n) is 2.64. The van der Waals surface area contributed by atoms with Crippen molar-refractivity contribution in [2.75, 3.05) is 33.4 Å². The highest BCUT2D eigenvalue weighted by atomic mass is 16.5. The fourth-order valence-corrected chi connectivity index (χ4v) is 1.18. The van der Waals surface area contributed by atoms with E-state index in [1.807, 2.05) is 0 Å². The summed E-state index contributed by atoms with van der Waals surface area (Å²) in [5.74, 6) is 0. The molecule has 0 radical (unpaired) electrons. The van der Waals surface area contributed by atoms with Crippen LogP contribution in [-0.4, -0.2) is 39.4 Å². The van der Waals surface area contributed by atoms with Crippen molar-refractivity contribution in [2.24, 2.45) is 0 Å². The minimum Gasteiger partial charge on any atom is -0.385 e. The van der Waals surface area contributed by atoms with Crippen LogP contribution in [-0.2, 0) is 4.74 Å². The summed E-state index contributed by atoms with van der Waals surface area (Å²) in [6.07, 6.45) is 1.11. The van der Waals surface area contributed by atoms with E-state index in [1.54, 1.807) is 7.11 Å². The number of nitrogens with one attached hydrogen (secondary N) is 2. The van der Waals surface area contributed by atoms with Gasteiger partial charge in [-0.2, -0.15) is 0 Å². The Balaban J connectivity index is 2.02. The van der Waals surface area contributed by atoms with E-state index in [4.69, 9.17) is 4.74 Å². The van der Waals surface area contributed by atoms with Gasteiger partial charge in [-0.25, -0.2) is 0 Å². The van der Waals surface area contributed by atoms with Crippen LogP contribution < -0.4 is 10.6 Å². The fourth-order valence-electron chi connectivity index (χ4n) is 1.18. The molecule has 2 N–H and O–H groups in total. The zero-order valence-corrected chi connectivity index (χ0v) is 6.52. The number of rotatable bonds is 3. The SMILES string of the molecule is COCC[C@@H]1CNCCN1. The average molecular weight is 144 g/mol. The van der Waals surface area contributed by atoms with Crippen molar-refractivity contribution in [3.05, 3.63) is 0 Å². The monoisotopic (exact) mass is 144 g/mol. The first kappa shape index (κ1) is 7.98. The van der Waals surface area contributed by atoms with Crippen LogP contribution in [0.3, 0.4) is 0 Å². The summed E-state index contributed by atoms with van der Waals surface area (Å²) >= 11 is 0. The summed E-state index contributed by atoms with van der Waals surface area (Å²) in [6.45, 7) is 4.14. The van der Waals surface area contributed by atoms with Gasteiger partial charge in [-0.1, -0.05) is 0 Å². The van der Waals surface area contributed by atoms with Crippen LogP contribution in [0.1, 0.15) is 6.42 Å². The molecule has 1 fully saturated rings. The van der Waals surface area contributed by atoms with E-state index < -0.39 is 0 Å². The van der Waals surface area contributed by atoms with E-state index in [2.05, 4.69) is 10.6 Å². The number of hydrogen-bond acceptors (Lipinski definition) is 3. The Morgan fingerprint density at radius 2 is 2.40 bits per heavy atom. The van der Waals surface area contributed by atoms with Gasteiger partial charge < -0.3 is 15.4 Å². The predicted molar refractivity (Wildman–Crippen MR) is 41.2 cm³/mol. The summed E-state index contributed by atoms with van der Waals surface area (Å²) in [5, 5.41) is 6.74. The Hall–Kier alpha value is -0.120. The minimum atomic E-state index is 0.619.